The second-order valence-corrected chi connectivity index (χ2v) is 18.0. The number of hydrogen-bond donors (Lipinski definition) is 7. The Morgan fingerprint density at radius 2 is 0.891 bits per heavy atom. The molecule has 2 aliphatic rings. The van der Waals surface area contributed by atoms with Gasteiger partial charge in [0.1, 0.15) is 55.4 Å². The van der Waals surface area contributed by atoms with Crippen LogP contribution in [0.25, 0.3) is 0 Å². The van der Waals surface area contributed by atoms with Gasteiger partial charge in [-0.05, 0) is 38.5 Å². The first-order valence-corrected chi connectivity index (χ1v) is 25.3. The van der Waals surface area contributed by atoms with Gasteiger partial charge in [0.05, 0.1) is 19.8 Å². The number of unbranched alkanes of at least 4 members (excludes halogenated alkanes) is 23. The highest BCUT2D eigenvalue weighted by molar-refractivity contribution is 5.70. The van der Waals surface area contributed by atoms with E-state index in [1.807, 2.05) is 0 Å². The minimum absolute atomic E-state index is 0.169. The molecule has 0 aliphatic carbocycles. The fourth-order valence-corrected chi connectivity index (χ4v) is 8.04. The molecule has 2 heterocycles. The lowest BCUT2D eigenvalue weighted by atomic mass is 9.98. The van der Waals surface area contributed by atoms with Crippen LogP contribution in [0.3, 0.4) is 0 Å². The standard InChI is InChI=1S/C49H90O15/c1-3-5-7-9-11-13-15-17-18-20-21-23-25-27-29-31-40(51)59-34-37(62-41(52)32-30-28-26-24-22-19-16-14-12-10-8-6-4-2)35-60-48-47(58)45(56)43(54)39(64-48)36-61-49-46(57)44(55)42(53)38(33-50)63-49/h17-18,37-39,42-50,53-58H,3-16,19-36H2,1-2H3/b18-17+/t37-,38-,39-,42+,43+,44?,45?,46?,47?,48-,49-/m1/s1. The molecule has 0 bridgehead atoms. The van der Waals surface area contributed by atoms with Gasteiger partial charge in [-0.3, -0.25) is 9.59 Å². The van der Waals surface area contributed by atoms with Crippen molar-refractivity contribution in [1.82, 2.24) is 0 Å². The van der Waals surface area contributed by atoms with Crippen molar-refractivity contribution in [3.05, 3.63) is 12.2 Å². The summed E-state index contributed by atoms with van der Waals surface area (Å²) in [6.45, 7) is 2.58. The Bertz CT molecular complexity index is 1170. The molecule has 0 spiro atoms. The summed E-state index contributed by atoms with van der Waals surface area (Å²) < 4.78 is 33.5. The first-order chi connectivity index (χ1) is 31.0. The van der Waals surface area contributed by atoms with Crippen LogP contribution in [0, 0.1) is 0 Å². The number of rotatable bonds is 39. The molecular weight excluding hydrogens is 829 g/mol. The molecule has 15 nitrogen and oxygen atoms in total. The number of esters is 2. The zero-order valence-corrected chi connectivity index (χ0v) is 39.5. The number of ether oxygens (including phenoxy) is 6. The summed E-state index contributed by atoms with van der Waals surface area (Å²) >= 11 is 0. The monoisotopic (exact) mass is 919 g/mol. The van der Waals surface area contributed by atoms with Gasteiger partial charge in [-0.1, -0.05) is 154 Å². The Hall–Kier alpha value is -1.76. The van der Waals surface area contributed by atoms with E-state index in [0.29, 0.717) is 12.8 Å². The van der Waals surface area contributed by atoms with E-state index in [1.54, 1.807) is 0 Å². The largest absolute Gasteiger partial charge is 0.462 e. The molecule has 7 N–H and O–H groups in total. The third-order valence-electron chi connectivity index (χ3n) is 12.2. The van der Waals surface area contributed by atoms with Gasteiger partial charge in [0.15, 0.2) is 18.7 Å². The zero-order chi connectivity index (χ0) is 46.8. The normalized spacial score (nSPS) is 26.6. The molecule has 11 atom stereocenters. The maximum Gasteiger partial charge on any atom is 0.306 e. The first kappa shape index (κ1) is 58.4. The van der Waals surface area contributed by atoms with Gasteiger partial charge in [0.2, 0.25) is 0 Å². The van der Waals surface area contributed by atoms with Gasteiger partial charge in [-0.25, -0.2) is 0 Å². The van der Waals surface area contributed by atoms with Crippen LogP contribution in [0.4, 0.5) is 0 Å². The number of aliphatic hydroxyl groups excluding tert-OH is 7. The molecule has 2 aliphatic heterocycles. The molecule has 376 valence electrons. The summed E-state index contributed by atoms with van der Waals surface area (Å²) in [5.41, 5.74) is 0. The van der Waals surface area contributed by atoms with Crippen molar-refractivity contribution in [2.24, 2.45) is 0 Å². The Labute approximate surface area is 384 Å². The lowest BCUT2D eigenvalue weighted by Crippen LogP contribution is -2.61. The molecule has 0 aromatic rings. The fourth-order valence-electron chi connectivity index (χ4n) is 8.04. The molecule has 0 amide bonds. The average molecular weight is 919 g/mol. The van der Waals surface area contributed by atoms with Crippen molar-refractivity contribution in [1.29, 1.82) is 0 Å². The Morgan fingerprint density at radius 3 is 1.38 bits per heavy atom. The van der Waals surface area contributed by atoms with E-state index in [4.69, 9.17) is 28.4 Å². The van der Waals surface area contributed by atoms with E-state index in [2.05, 4.69) is 26.0 Å². The van der Waals surface area contributed by atoms with Crippen molar-refractivity contribution in [3.8, 4) is 0 Å². The van der Waals surface area contributed by atoms with Crippen LogP contribution in [0.15, 0.2) is 12.2 Å². The Balaban J connectivity index is 1.82. The average Bonchev–Trinajstić information content (AvgIpc) is 3.29. The molecule has 64 heavy (non-hydrogen) atoms. The topological polar surface area (TPSA) is 231 Å². The van der Waals surface area contributed by atoms with Gasteiger partial charge < -0.3 is 64.2 Å². The summed E-state index contributed by atoms with van der Waals surface area (Å²) in [4.78, 5) is 25.7. The van der Waals surface area contributed by atoms with Crippen LogP contribution < -0.4 is 0 Å². The summed E-state index contributed by atoms with van der Waals surface area (Å²) in [6.07, 6.45) is 18.1. The number of carbonyl (C=O) groups is 2. The molecule has 0 aromatic carbocycles. The highest BCUT2D eigenvalue weighted by atomic mass is 16.7. The maximum absolute atomic E-state index is 13.0. The van der Waals surface area contributed by atoms with E-state index in [9.17, 15) is 45.3 Å². The number of allylic oxidation sites excluding steroid dienone is 2. The number of hydrogen-bond acceptors (Lipinski definition) is 15. The van der Waals surface area contributed by atoms with Crippen LogP contribution in [-0.2, 0) is 38.0 Å². The molecule has 2 fully saturated rings. The van der Waals surface area contributed by atoms with Crippen LogP contribution in [-0.4, -0.2) is 142 Å². The molecule has 0 aromatic heterocycles. The highest BCUT2D eigenvalue weighted by Gasteiger charge is 2.47. The zero-order valence-electron chi connectivity index (χ0n) is 39.5. The third kappa shape index (κ3) is 25.4. The molecule has 4 unspecified atom stereocenters. The summed E-state index contributed by atoms with van der Waals surface area (Å²) in [6, 6.07) is 0. The van der Waals surface area contributed by atoms with Gasteiger partial charge in [-0.15, -0.1) is 0 Å². The summed E-state index contributed by atoms with van der Waals surface area (Å²) in [5.74, 6) is -0.926. The van der Waals surface area contributed by atoms with E-state index >= 15 is 0 Å². The quantitative estimate of drug-likeness (QED) is 0.0196. The van der Waals surface area contributed by atoms with E-state index in [0.717, 1.165) is 57.8 Å². The Kier molecular flexibility index (Phi) is 34.0. The minimum atomic E-state index is -1.76. The smallest absolute Gasteiger partial charge is 0.306 e. The van der Waals surface area contributed by atoms with Crippen LogP contribution >= 0.6 is 0 Å². The van der Waals surface area contributed by atoms with E-state index < -0.39 is 92.7 Å². The van der Waals surface area contributed by atoms with Gasteiger partial charge in [-0.2, -0.15) is 0 Å². The summed E-state index contributed by atoms with van der Waals surface area (Å²) in [5, 5.41) is 72.0. The van der Waals surface area contributed by atoms with Crippen LogP contribution in [0.2, 0.25) is 0 Å². The lowest BCUT2D eigenvalue weighted by molar-refractivity contribution is -0.332. The summed E-state index contributed by atoms with van der Waals surface area (Å²) in [7, 11) is 0. The SMILES string of the molecule is CCCCCCCC/C=C/CCCCCCCC(=O)OC[C@H](CO[C@@H]1O[C@H](CO[C@@H]2O[C@H](CO)[C@H](O)C(O)C2O)[C@H](O)C(O)C1O)OC(=O)CCCCCCCCCCCCCCC. The maximum atomic E-state index is 13.0. The lowest BCUT2D eigenvalue weighted by Gasteiger charge is -2.42. The second-order valence-electron chi connectivity index (χ2n) is 18.0. The molecule has 0 saturated carbocycles. The van der Waals surface area contributed by atoms with E-state index in [-0.39, 0.29) is 26.1 Å². The molecule has 2 saturated heterocycles. The van der Waals surface area contributed by atoms with Gasteiger partial charge in [0, 0.05) is 12.8 Å². The number of carbonyl (C=O) groups excluding carboxylic acids is 2. The van der Waals surface area contributed by atoms with Crippen molar-refractivity contribution >= 4 is 11.9 Å². The van der Waals surface area contributed by atoms with Crippen molar-refractivity contribution < 1.29 is 73.8 Å². The van der Waals surface area contributed by atoms with Crippen LogP contribution in [0.1, 0.15) is 194 Å². The van der Waals surface area contributed by atoms with Crippen LogP contribution in [0.5, 0.6) is 0 Å². The molecule has 0 radical (unpaired) electrons. The van der Waals surface area contributed by atoms with Crippen molar-refractivity contribution in [3.63, 3.8) is 0 Å². The predicted octanol–water partition coefficient (Wildman–Crippen LogP) is 6.60. The van der Waals surface area contributed by atoms with E-state index in [1.165, 1.54) is 96.3 Å². The molecule has 15 heteroatoms. The molecule has 2 rings (SSSR count). The number of aliphatic hydroxyl groups is 7. The first-order valence-electron chi connectivity index (χ1n) is 25.3. The molecular formula is C49H90O15. The third-order valence-corrected chi connectivity index (χ3v) is 12.2. The van der Waals surface area contributed by atoms with Crippen molar-refractivity contribution in [2.75, 3.05) is 26.4 Å². The fraction of sp³-hybridized carbons (Fsp3) is 0.918. The Morgan fingerprint density at radius 1 is 0.484 bits per heavy atom. The predicted molar refractivity (Wildman–Crippen MR) is 243 cm³/mol. The highest BCUT2D eigenvalue weighted by Crippen LogP contribution is 2.26. The van der Waals surface area contributed by atoms with Gasteiger partial charge in [0.25, 0.3) is 0 Å². The second kappa shape index (κ2) is 37.2. The van der Waals surface area contributed by atoms with Gasteiger partial charge >= 0.3 is 11.9 Å². The minimum Gasteiger partial charge on any atom is -0.462 e. The van der Waals surface area contributed by atoms with Crippen molar-refractivity contribution in [2.45, 2.75) is 261 Å².